The first-order valence-corrected chi connectivity index (χ1v) is 8.30. The molecule has 3 rings (SSSR count). The van der Waals surface area contributed by atoms with Gasteiger partial charge < -0.3 is 11.1 Å². The Morgan fingerprint density at radius 1 is 1.21 bits per heavy atom. The molecule has 0 fully saturated rings. The van der Waals surface area contributed by atoms with Gasteiger partial charge in [0.05, 0.1) is 11.4 Å². The van der Waals surface area contributed by atoms with Gasteiger partial charge in [-0.1, -0.05) is 35.9 Å². The first kappa shape index (κ1) is 16.0. The van der Waals surface area contributed by atoms with E-state index < -0.39 is 0 Å². The van der Waals surface area contributed by atoms with E-state index in [0.717, 1.165) is 15.4 Å². The molecule has 0 aliphatic carbocycles. The number of nitrogens with two attached hydrogens (primary N) is 1. The molecule has 0 saturated carbocycles. The molecule has 2 aromatic carbocycles. The molecule has 5 heteroatoms. The average Bonchev–Trinajstić information content (AvgIpc) is 3.04. The Hall–Kier alpha value is -2.92. The monoisotopic (exact) mass is 335 g/mol. The fourth-order valence-corrected chi connectivity index (χ4v) is 3.03. The van der Waals surface area contributed by atoms with Crippen LogP contribution in [0, 0.1) is 6.92 Å². The van der Waals surface area contributed by atoms with Crippen molar-refractivity contribution >= 4 is 34.7 Å². The topological polar surface area (TPSA) is 68.0 Å². The largest absolute Gasteiger partial charge is 0.397 e. The van der Waals surface area contributed by atoms with Gasteiger partial charge in [-0.05, 0) is 31.2 Å². The Morgan fingerprint density at radius 3 is 2.83 bits per heavy atom. The van der Waals surface area contributed by atoms with Crippen molar-refractivity contribution in [2.24, 2.45) is 0 Å². The second-order valence-corrected chi connectivity index (χ2v) is 6.41. The molecule has 3 N–H and O–H groups in total. The minimum atomic E-state index is -0.224. The highest BCUT2D eigenvalue weighted by Gasteiger charge is 2.04. The number of carbonyl (C=O) groups is 1. The molecule has 1 heterocycles. The van der Waals surface area contributed by atoms with Crippen LogP contribution in [0.5, 0.6) is 0 Å². The lowest BCUT2D eigenvalue weighted by Gasteiger charge is -2.04. The molecule has 1 aromatic heterocycles. The third kappa shape index (κ3) is 3.88. The standard InChI is InChI=1S/C19H17N3OS/c1-13-5-4-6-14(11-13)19-21-12-15(24-19)9-10-18(23)22-17-8-3-2-7-16(17)20/h2-12H,20H2,1H3,(H,22,23)/b10-9+. The Morgan fingerprint density at radius 2 is 2.04 bits per heavy atom. The normalized spacial score (nSPS) is 10.9. The van der Waals surface area contributed by atoms with Gasteiger partial charge in [0.2, 0.25) is 5.91 Å². The van der Waals surface area contributed by atoms with Crippen molar-refractivity contribution in [1.82, 2.24) is 4.98 Å². The van der Waals surface area contributed by atoms with Crippen LogP contribution in [0.2, 0.25) is 0 Å². The van der Waals surface area contributed by atoms with E-state index in [2.05, 4.69) is 29.4 Å². The summed E-state index contributed by atoms with van der Waals surface area (Å²) in [6.45, 7) is 2.05. The Kier molecular flexibility index (Phi) is 4.72. The molecule has 120 valence electrons. The molecule has 0 saturated heterocycles. The van der Waals surface area contributed by atoms with E-state index >= 15 is 0 Å². The Bertz CT molecular complexity index is 899. The zero-order valence-corrected chi connectivity index (χ0v) is 14.0. The van der Waals surface area contributed by atoms with Crippen molar-refractivity contribution < 1.29 is 4.79 Å². The van der Waals surface area contributed by atoms with Gasteiger partial charge in [0.1, 0.15) is 5.01 Å². The number of nitrogens with one attached hydrogen (secondary N) is 1. The van der Waals surface area contributed by atoms with Crippen LogP contribution in [0.15, 0.2) is 60.8 Å². The van der Waals surface area contributed by atoms with Crippen molar-refractivity contribution in [3.05, 3.63) is 71.2 Å². The van der Waals surface area contributed by atoms with E-state index in [1.54, 1.807) is 35.7 Å². The molecule has 0 radical (unpaired) electrons. The highest BCUT2D eigenvalue weighted by molar-refractivity contribution is 7.15. The van der Waals surface area contributed by atoms with E-state index in [-0.39, 0.29) is 5.91 Å². The lowest BCUT2D eigenvalue weighted by atomic mass is 10.1. The second-order valence-electron chi connectivity index (χ2n) is 5.35. The highest BCUT2D eigenvalue weighted by Crippen LogP contribution is 2.26. The summed E-state index contributed by atoms with van der Waals surface area (Å²) >= 11 is 1.54. The summed E-state index contributed by atoms with van der Waals surface area (Å²) in [7, 11) is 0. The van der Waals surface area contributed by atoms with Gasteiger partial charge in [0.15, 0.2) is 0 Å². The van der Waals surface area contributed by atoms with Gasteiger partial charge in [0, 0.05) is 22.7 Å². The van der Waals surface area contributed by atoms with Crippen LogP contribution < -0.4 is 11.1 Å². The minimum absolute atomic E-state index is 0.224. The van der Waals surface area contributed by atoms with E-state index in [1.165, 1.54) is 11.6 Å². The SMILES string of the molecule is Cc1cccc(-c2ncc(/C=C/C(=O)Nc3ccccc3N)s2)c1. The number of hydrogen-bond acceptors (Lipinski definition) is 4. The number of para-hydroxylation sites is 2. The molecule has 24 heavy (non-hydrogen) atoms. The van der Waals surface area contributed by atoms with Gasteiger partial charge >= 0.3 is 0 Å². The van der Waals surface area contributed by atoms with Crippen molar-refractivity contribution in [3.63, 3.8) is 0 Å². The molecule has 0 unspecified atom stereocenters. The fourth-order valence-electron chi connectivity index (χ4n) is 2.22. The van der Waals surface area contributed by atoms with Gasteiger partial charge in [-0.15, -0.1) is 11.3 Å². The van der Waals surface area contributed by atoms with E-state index in [4.69, 9.17) is 5.73 Å². The van der Waals surface area contributed by atoms with Crippen LogP contribution in [-0.4, -0.2) is 10.9 Å². The highest BCUT2D eigenvalue weighted by atomic mass is 32.1. The smallest absolute Gasteiger partial charge is 0.248 e. The number of carbonyl (C=O) groups excluding carboxylic acids is 1. The minimum Gasteiger partial charge on any atom is -0.397 e. The maximum atomic E-state index is 12.0. The molecule has 4 nitrogen and oxygen atoms in total. The summed E-state index contributed by atoms with van der Waals surface area (Å²) in [6.07, 6.45) is 5.01. The van der Waals surface area contributed by atoms with E-state index in [9.17, 15) is 4.79 Å². The van der Waals surface area contributed by atoms with Gasteiger partial charge in [-0.2, -0.15) is 0 Å². The summed E-state index contributed by atoms with van der Waals surface area (Å²) in [6, 6.07) is 15.4. The first-order chi connectivity index (χ1) is 11.6. The van der Waals surface area contributed by atoms with Crippen LogP contribution in [0.3, 0.4) is 0 Å². The van der Waals surface area contributed by atoms with Crippen molar-refractivity contribution in [3.8, 4) is 10.6 Å². The molecule has 1 amide bonds. The molecule has 0 aliphatic rings. The zero-order chi connectivity index (χ0) is 16.9. The number of aromatic nitrogens is 1. The summed E-state index contributed by atoms with van der Waals surface area (Å²) in [5.74, 6) is -0.224. The third-order valence-electron chi connectivity index (χ3n) is 3.41. The summed E-state index contributed by atoms with van der Waals surface area (Å²) in [5, 5.41) is 3.70. The lowest BCUT2D eigenvalue weighted by molar-refractivity contribution is -0.111. The van der Waals surface area contributed by atoms with E-state index in [0.29, 0.717) is 11.4 Å². The van der Waals surface area contributed by atoms with E-state index in [1.807, 2.05) is 24.3 Å². The number of rotatable bonds is 4. The van der Waals surface area contributed by atoms with Crippen molar-refractivity contribution in [1.29, 1.82) is 0 Å². The maximum Gasteiger partial charge on any atom is 0.248 e. The Balaban J connectivity index is 1.69. The van der Waals surface area contributed by atoms with Crippen LogP contribution in [0.1, 0.15) is 10.4 Å². The number of anilines is 2. The van der Waals surface area contributed by atoms with Gasteiger partial charge in [-0.3, -0.25) is 4.79 Å². The first-order valence-electron chi connectivity index (χ1n) is 7.48. The second kappa shape index (κ2) is 7.10. The molecule has 3 aromatic rings. The third-order valence-corrected chi connectivity index (χ3v) is 4.42. The number of nitrogens with zero attached hydrogens (tertiary/aromatic N) is 1. The quantitative estimate of drug-likeness (QED) is 0.550. The summed E-state index contributed by atoms with van der Waals surface area (Å²) < 4.78 is 0. The summed E-state index contributed by atoms with van der Waals surface area (Å²) in [5.41, 5.74) is 9.24. The molecule has 0 aliphatic heterocycles. The fraction of sp³-hybridized carbons (Fsp3) is 0.0526. The van der Waals surface area contributed by atoms with Crippen LogP contribution >= 0.6 is 11.3 Å². The molecule has 0 bridgehead atoms. The number of aryl methyl sites for hydroxylation is 1. The number of nitrogen functional groups attached to an aromatic ring is 1. The average molecular weight is 335 g/mol. The predicted molar refractivity (Wildman–Crippen MR) is 101 cm³/mol. The number of hydrogen-bond donors (Lipinski definition) is 2. The van der Waals surface area contributed by atoms with Crippen LogP contribution in [-0.2, 0) is 4.79 Å². The van der Waals surface area contributed by atoms with Gasteiger partial charge in [0.25, 0.3) is 0 Å². The maximum absolute atomic E-state index is 12.0. The van der Waals surface area contributed by atoms with Crippen LogP contribution in [0.4, 0.5) is 11.4 Å². The Labute approximate surface area is 144 Å². The lowest BCUT2D eigenvalue weighted by Crippen LogP contribution is -2.09. The van der Waals surface area contributed by atoms with Crippen molar-refractivity contribution in [2.45, 2.75) is 6.92 Å². The van der Waals surface area contributed by atoms with Gasteiger partial charge in [-0.25, -0.2) is 4.98 Å². The summed E-state index contributed by atoms with van der Waals surface area (Å²) in [4.78, 5) is 17.3. The molecular formula is C19H17N3OS. The molecule has 0 atom stereocenters. The number of amides is 1. The number of benzene rings is 2. The molecular weight excluding hydrogens is 318 g/mol. The zero-order valence-electron chi connectivity index (χ0n) is 13.2. The number of thiazole rings is 1. The molecule has 0 spiro atoms. The van der Waals surface area contributed by atoms with Crippen molar-refractivity contribution in [2.75, 3.05) is 11.1 Å². The van der Waals surface area contributed by atoms with Crippen LogP contribution in [0.25, 0.3) is 16.6 Å². The predicted octanol–water partition coefficient (Wildman–Crippen LogP) is 4.35.